The summed E-state index contributed by atoms with van der Waals surface area (Å²) in [5.41, 5.74) is 0.554. The minimum Gasteiger partial charge on any atom is -0.481 e. The molecule has 0 spiro atoms. The molecule has 1 atom stereocenters. The average Bonchev–Trinajstić information content (AvgIpc) is 2.95. The Labute approximate surface area is 114 Å². The number of furan rings is 1. The molecule has 0 aliphatic rings. The van der Waals surface area contributed by atoms with Crippen molar-refractivity contribution in [3.05, 3.63) is 17.5 Å². The highest BCUT2D eigenvalue weighted by Crippen LogP contribution is 2.29. The smallest absolute Gasteiger partial charge is 0.305 e. The minimum atomic E-state index is -0.891. The predicted octanol–water partition coefficient (Wildman–Crippen LogP) is 2.40. The molecular weight excluding hydrogens is 272 g/mol. The zero-order valence-corrected chi connectivity index (χ0v) is 11.0. The van der Waals surface area contributed by atoms with Crippen molar-refractivity contribution in [2.45, 2.75) is 32.2 Å². The molecular formula is C11H13ClN4O3. The van der Waals surface area contributed by atoms with Crippen molar-refractivity contribution in [2.75, 3.05) is 0 Å². The van der Waals surface area contributed by atoms with Crippen LogP contribution < -0.4 is 0 Å². The Morgan fingerprint density at radius 2 is 2.42 bits per heavy atom. The third-order valence-corrected chi connectivity index (χ3v) is 3.02. The number of carboxylic acids is 1. The second-order valence-corrected chi connectivity index (χ2v) is 4.44. The van der Waals surface area contributed by atoms with Gasteiger partial charge in [0, 0.05) is 0 Å². The van der Waals surface area contributed by atoms with Crippen molar-refractivity contribution in [1.82, 2.24) is 20.2 Å². The standard InChI is InChI=1S/C11H13ClN4O3/c1-2-3-7(6-9(17)18)16-11(13-14-15-16)8-4-5-19-10(8)12/h4-5,7H,2-3,6H2,1H3,(H,17,18). The third kappa shape index (κ3) is 2.93. The molecule has 0 amide bonds. The van der Waals surface area contributed by atoms with Gasteiger partial charge in [-0.3, -0.25) is 4.79 Å². The Morgan fingerprint density at radius 3 is 3.00 bits per heavy atom. The third-order valence-electron chi connectivity index (χ3n) is 2.73. The van der Waals surface area contributed by atoms with Gasteiger partial charge in [0.25, 0.3) is 0 Å². The largest absolute Gasteiger partial charge is 0.481 e. The first-order valence-corrected chi connectivity index (χ1v) is 6.24. The molecule has 2 aromatic rings. The zero-order valence-electron chi connectivity index (χ0n) is 10.3. The minimum absolute atomic E-state index is 0.0403. The molecule has 0 saturated heterocycles. The van der Waals surface area contributed by atoms with E-state index in [-0.39, 0.29) is 17.7 Å². The second kappa shape index (κ2) is 5.83. The molecule has 0 aromatic carbocycles. The Balaban J connectivity index is 2.36. The lowest BCUT2D eigenvalue weighted by Crippen LogP contribution is -2.16. The monoisotopic (exact) mass is 284 g/mol. The lowest BCUT2D eigenvalue weighted by Gasteiger charge is -2.15. The summed E-state index contributed by atoms with van der Waals surface area (Å²) in [6.45, 7) is 1.98. The van der Waals surface area contributed by atoms with Crippen LogP contribution in [-0.2, 0) is 4.79 Å². The normalized spacial score (nSPS) is 12.5. The maximum atomic E-state index is 10.9. The SMILES string of the molecule is CCCC(CC(=O)O)n1nnnc1-c1ccoc1Cl. The number of hydrogen-bond acceptors (Lipinski definition) is 5. The molecule has 7 nitrogen and oxygen atoms in total. The van der Waals surface area contributed by atoms with Gasteiger partial charge in [0.05, 0.1) is 24.3 Å². The molecule has 0 radical (unpaired) electrons. The van der Waals surface area contributed by atoms with E-state index in [1.54, 1.807) is 6.07 Å². The van der Waals surface area contributed by atoms with Gasteiger partial charge in [-0.1, -0.05) is 13.3 Å². The van der Waals surface area contributed by atoms with Crippen molar-refractivity contribution >= 4 is 17.6 Å². The summed E-state index contributed by atoms with van der Waals surface area (Å²) in [4.78, 5) is 10.9. The number of carboxylic acid groups (broad SMARTS) is 1. The fourth-order valence-electron chi connectivity index (χ4n) is 1.92. The first-order valence-electron chi connectivity index (χ1n) is 5.86. The van der Waals surface area contributed by atoms with Crippen molar-refractivity contribution in [1.29, 1.82) is 0 Å². The van der Waals surface area contributed by atoms with Crippen molar-refractivity contribution in [2.24, 2.45) is 0 Å². The highest BCUT2D eigenvalue weighted by Gasteiger charge is 2.22. The number of tetrazole rings is 1. The van der Waals surface area contributed by atoms with Crippen LogP contribution in [0.25, 0.3) is 11.4 Å². The summed E-state index contributed by atoms with van der Waals surface area (Å²) in [5.74, 6) is -0.475. The number of nitrogens with zero attached hydrogens (tertiary/aromatic N) is 4. The molecule has 0 aliphatic carbocycles. The van der Waals surface area contributed by atoms with Gasteiger partial charge >= 0.3 is 5.97 Å². The molecule has 8 heteroatoms. The van der Waals surface area contributed by atoms with Crippen molar-refractivity contribution in [3.63, 3.8) is 0 Å². The number of aromatic nitrogens is 4. The highest BCUT2D eigenvalue weighted by molar-refractivity contribution is 6.31. The summed E-state index contributed by atoms with van der Waals surface area (Å²) in [6.07, 6.45) is 2.89. The zero-order chi connectivity index (χ0) is 13.8. The second-order valence-electron chi connectivity index (χ2n) is 4.10. The summed E-state index contributed by atoms with van der Waals surface area (Å²) >= 11 is 5.90. The number of rotatable bonds is 6. The molecule has 0 bridgehead atoms. The van der Waals surface area contributed by atoms with E-state index in [0.717, 1.165) is 6.42 Å². The first kappa shape index (κ1) is 13.5. The van der Waals surface area contributed by atoms with E-state index >= 15 is 0 Å². The van der Waals surface area contributed by atoms with Gasteiger partial charge in [-0.25, -0.2) is 4.68 Å². The van der Waals surface area contributed by atoms with Crippen LogP contribution in [0.2, 0.25) is 5.22 Å². The number of halogens is 1. The van der Waals surface area contributed by atoms with E-state index in [1.165, 1.54) is 10.9 Å². The van der Waals surface area contributed by atoms with E-state index < -0.39 is 5.97 Å². The maximum absolute atomic E-state index is 10.9. The van der Waals surface area contributed by atoms with Gasteiger partial charge in [-0.15, -0.1) is 5.10 Å². The fourth-order valence-corrected chi connectivity index (χ4v) is 2.11. The lowest BCUT2D eigenvalue weighted by molar-refractivity contribution is -0.138. The van der Waals surface area contributed by atoms with E-state index in [9.17, 15) is 4.79 Å². The molecule has 1 N–H and O–H groups in total. The molecule has 2 aromatic heterocycles. The summed E-state index contributed by atoms with van der Waals surface area (Å²) in [5, 5.41) is 20.5. The summed E-state index contributed by atoms with van der Waals surface area (Å²) in [7, 11) is 0. The fraction of sp³-hybridized carbons (Fsp3) is 0.455. The maximum Gasteiger partial charge on any atom is 0.305 e. The van der Waals surface area contributed by atoms with Crippen LogP contribution >= 0.6 is 11.6 Å². The Kier molecular flexibility index (Phi) is 4.16. The first-order chi connectivity index (χ1) is 9.13. The van der Waals surface area contributed by atoms with Crippen LogP contribution in [0, 0.1) is 0 Å². The molecule has 2 rings (SSSR count). The molecule has 0 aliphatic heterocycles. The van der Waals surface area contributed by atoms with Crippen LogP contribution in [0.1, 0.15) is 32.2 Å². The number of hydrogen-bond donors (Lipinski definition) is 1. The van der Waals surface area contributed by atoms with Crippen LogP contribution in [0.15, 0.2) is 16.7 Å². The topological polar surface area (TPSA) is 94.0 Å². The highest BCUT2D eigenvalue weighted by atomic mass is 35.5. The molecule has 0 fully saturated rings. The Hall–Kier alpha value is -1.89. The van der Waals surface area contributed by atoms with Gasteiger partial charge in [-0.2, -0.15) is 0 Å². The molecule has 0 saturated carbocycles. The van der Waals surface area contributed by atoms with Crippen LogP contribution in [0.4, 0.5) is 0 Å². The number of carbonyl (C=O) groups is 1. The lowest BCUT2D eigenvalue weighted by atomic mass is 10.1. The van der Waals surface area contributed by atoms with E-state index in [1.807, 2.05) is 6.92 Å². The predicted molar refractivity (Wildman–Crippen MR) is 66.7 cm³/mol. The van der Waals surface area contributed by atoms with Gasteiger partial charge in [-0.05, 0) is 34.5 Å². The van der Waals surface area contributed by atoms with E-state index in [2.05, 4.69) is 15.5 Å². The van der Waals surface area contributed by atoms with Crippen molar-refractivity contribution in [3.8, 4) is 11.4 Å². The molecule has 2 heterocycles. The Morgan fingerprint density at radius 1 is 1.63 bits per heavy atom. The molecule has 1 unspecified atom stereocenters. The van der Waals surface area contributed by atoms with Gasteiger partial charge in [0.1, 0.15) is 0 Å². The van der Waals surface area contributed by atoms with Crippen molar-refractivity contribution < 1.29 is 14.3 Å². The van der Waals surface area contributed by atoms with Crippen LogP contribution in [-0.4, -0.2) is 31.3 Å². The van der Waals surface area contributed by atoms with Gasteiger partial charge in [0.15, 0.2) is 5.82 Å². The number of aliphatic carboxylic acids is 1. The van der Waals surface area contributed by atoms with Gasteiger partial charge in [0.2, 0.25) is 5.22 Å². The Bertz CT molecular complexity index is 566. The quantitative estimate of drug-likeness (QED) is 0.875. The molecule has 102 valence electrons. The van der Waals surface area contributed by atoms with E-state index in [4.69, 9.17) is 21.1 Å². The molecule has 19 heavy (non-hydrogen) atoms. The van der Waals surface area contributed by atoms with Crippen LogP contribution in [0.3, 0.4) is 0 Å². The van der Waals surface area contributed by atoms with E-state index in [0.29, 0.717) is 17.8 Å². The summed E-state index contributed by atoms with van der Waals surface area (Å²) in [6, 6.07) is 1.34. The summed E-state index contributed by atoms with van der Waals surface area (Å²) < 4.78 is 6.50. The van der Waals surface area contributed by atoms with Gasteiger partial charge < -0.3 is 9.52 Å². The average molecular weight is 285 g/mol. The van der Waals surface area contributed by atoms with Crippen LogP contribution in [0.5, 0.6) is 0 Å².